The minimum absolute atomic E-state index is 0.0205. The van der Waals surface area contributed by atoms with Gasteiger partial charge in [-0.2, -0.15) is 0 Å². The number of benzene rings is 2. The number of esters is 2. The lowest BCUT2D eigenvalue weighted by molar-refractivity contribution is -0.146. The van der Waals surface area contributed by atoms with Gasteiger partial charge in [-0.05, 0) is 47.5 Å². The van der Waals surface area contributed by atoms with Gasteiger partial charge in [-0.3, -0.25) is 0 Å². The SMILES string of the molecule is COc1cc(C=CC(=O)OC[C@@H](O)COC(=O)C=Cc2ccc(O)cc2)ccc1O. The second-order valence-electron chi connectivity index (χ2n) is 6.10. The van der Waals surface area contributed by atoms with Crippen LogP contribution < -0.4 is 4.74 Å². The van der Waals surface area contributed by atoms with Gasteiger partial charge in [0.1, 0.15) is 25.1 Å². The van der Waals surface area contributed by atoms with E-state index in [1.165, 1.54) is 43.5 Å². The van der Waals surface area contributed by atoms with E-state index in [1.807, 2.05) is 0 Å². The van der Waals surface area contributed by atoms with E-state index in [-0.39, 0.29) is 30.5 Å². The van der Waals surface area contributed by atoms with Gasteiger partial charge in [-0.15, -0.1) is 0 Å². The summed E-state index contributed by atoms with van der Waals surface area (Å²) in [6.07, 6.45) is 4.12. The van der Waals surface area contributed by atoms with Crippen LogP contribution in [0.1, 0.15) is 11.1 Å². The van der Waals surface area contributed by atoms with Crippen molar-refractivity contribution in [3.05, 3.63) is 65.7 Å². The molecule has 0 amide bonds. The lowest BCUT2D eigenvalue weighted by Gasteiger charge is -2.10. The first kappa shape index (κ1) is 22.5. The summed E-state index contributed by atoms with van der Waals surface area (Å²) in [6.45, 7) is -0.693. The quantitative estimate of drug-likeness (QED) is 0.422. The predicted molar refractivity (Wildman–Crippen MR) is 109 cm³/mol. The molecule has 3 N–H and O–H groups in total. The molecule has 2 aromatic carbocycles. The number of hydrogen-bond donors (Lipinski definition) is 3. The maximum Gasteiger partial charge on any atom is 0.330 e. The fourth-order valence-electron chi connectivity index (χ4n) is 2.21. The zero-order valence-electron chi connectivity index (χ0n) is 16.2. The summed E-state index contributed by atoms with van der Waals surface area (Å²) in [7, 11) is 1.41. The Bertz CT molecular complexity index is 915. The molecule has 0 aliphatic heterocycles. The van der Waals surface area contributed by atoms with Gasteiger partial charge < -0.3 is 29.5 Å². The summed E-state index contributed by atoms with van der Waals surface area (Å²) in [4.78, 5) is 23.4. The zero-order chi connectivity index (χ0) is 21.9. The Kier molecular flexibility index (Phi) is 8.46. The van der Waals surface area contributed by atoms with Gasteiger partial charge in [-0.25, -0.2) is 9.59 Å². The number of aromatic hydroxyl groups is 2. The number of carbonyl (C=O) groups is 2. The topological polar surface area (TPSA) is 123 Å². The fourth-order valence-corrected chi connectivity index (χ4v) is 2.21. The monoisotopic (exact) mass is 414 g/mol. The highest BCUT2D eigenvalue weighted by Gasteiger charge is 2.10. The Morgan fingerprint density at radius 1 is 0.900 bits per heavy atom. The molecule has 0 aromatic heterocycles. The number of aliphatic hydroxyl groups is 1. The first-order valence-corrected chi connectivity index (χ1v) is 8.91. The first-order chi connectivity index (χ1) is 14.4. The lowest BCUT2D eigenvalue weighted by Crippen LogP contribution is -2.24. The largest absolute Gasteiger partial charge is 0.508 e. The van der Waals surface area contributed by atoms with Crippen LogP contribution in [-0.2, 0) is 19.1 Å². The third kappa shape index (κ3) is 7.69. The van der Waals surface area contributed by atoms with Crippen LogP contribution in [0.2, 0.25) is 0 Å². The molecule has 2 aromatic rings. The minimum atomic E-state index is -1.18. The first-order valence-electron chi connectivity index (χ1n) is 8.91. The van der Waals surface area contributed by atoms with Crippen LogP contribution in [0, 0.1) is 0 Å². The summed E-state index contributed by atoms with van der Waals surface area (Å²) in [6, 6.07) is 10.8. The predicted octanol–water partition coefficient (Wildman–Crippen LogP) is 2.28. The van der Waals surface area contributed by atoms with Gasteiger partial charge in [0.05, 0.1) is 7.11 Å². The molecular formula is C22H22O8. The van der Waals surface area contributed by atoms with Crippen molar-refractivity contribution in [1.29, 1.82) is 0 Å². The molecule has 0 aliphatic carbocycles. The number of methoxy groups -OCH3 is 1. The Labute approximate surface area is 173 Å². The third-order valence-electron chi connectivity index (χ3n) is 3.76. The van der Waals surface area contributed by atoms with Crippen LogP contribution in [0.25, 0.3) is 12.2 Å². The van der Waals surface area contributed by atoms with E-state index in [9.17, 15) is 24.9 Å². The van der Waals surface area contributed by atoms with Crippen molar-refractivity contribution in [2.45, 2.75) is 6.10 Å². The molecule has 2 rings (SSSR count). The number of phenolic OH excluding ortho intramolecular Hbond substituents is 2. The summed E-state index contributed by atoms with van der Waals surface area (Å²) < 4.78 is 14.7. The molecule has 8 heteroatoms. The maximum atomic E-state index is 11.7. The summed E-state index contributed by atoms with van der Waals surface area (Å²) in [5.41, 5.74) is 1.30. The lowest BCUT2D eigenvalue weighted by atomic mass is 10.2. The smallest absolute Gasteiger partial charge is 0.330 e. The molecule has 1 atom stereocenters. The van der Waals surface area contributed by atoms with Crippen molar-refractivity contribution in [2.75, 3.05) is 20.3 Å². The van der Waals surface area contributed by atoms with E-state index in [4.69, 9.17) is 14.2 Å². The summed E-state index contributed by atoms with van der Waals surface area (Å²) in [5.74, 6) is -1.01. The van der Waals surface area contributed by atoms with Crippen LogP contribution in [0.15, 0.2) is 54.6 Å². The van der Waals surface area contributed by atoms with Crippen LogP contribution in [0.4, 0.5) is 0 Å². The van der Waals surface area contributed by atoms with Gasteiger partial charge in [0.15, 0.2) is 11.5 Å². The molecule has 0 bridgehead atoms. The van der Waals surface area contributed by atoms with Gasteiger partial charge in [0.25, 0.3) is 0 Å². The highest BCUT2D eigenvalue weighted by Crippen LogP contribution is 2.26. The minimum Gasteiger partial charge on any atom is -0.508 e. The molecule has 0 saturated carbocycles. The Morgan fingerprint density at radius 2 is 1.43 bits per heavy atom. The maximum absolute atomic E-state index is 11.7. The highest BCUT2D eigenvalue weighted by molar-refractivity contribution is 5.87. The molecule has 0 fully saturated rings. The van der Waals surface area contributed by atoms with Crippen LogP contribution >= 0.6 is 0 Å². The van der Waals surface area contributed by atoms with Crippen molar-refractivity contribution in [3.63, 3.8) is 0 Å². The Morgan fingerprint density at radius 3 is 2.00 bits per heavy atom. The van der Waals surface area contributed by atoms with E-state index in [0.717, 1.165) is 6.08 Å². The van der Waals surface area contributed by atoms with E-state index in [2.05, 4.69) is 0 Å². The number of rotatable bonds is 9. The Hall–Kier alpha value is -3.78. The van der Waals surface area contributed by atoms with E-state index in [1.54, 1.807) is 24.3 Å². The summed E-state index contributed by atoms with van der Waals surface area (Å²) >= 11 is 0. The Balaban J connectivity index is 1.71. The van der Waals surface area contributed by atoms with Gasteiger partial charge in [-0.1, -0.05) is 18.2 Å². The van der Waals surface area contributed by atoms with Crippen molar-refractivity contribution < 1.29 is 39.1 Å². The number of carbonyl (C=O) groups excluding carboxylic acids is 2. The molecule has 0 spiro atoms. The van der Waals surface area contributed by atoms with E-state index in [0.29, 0.717) is 11.1 Å². The molecule has 0 saturated heterocycles. The van der Waals surface area contributed by atoms with Crippen LogP contribution in [0.5, 0.6) is 17.2 Å². The van der Waals surface area contributed by atoms with Crippen LogP contribution in [-0.4, -0.2) is 53.7 Å². The zero-order valence-corrected chi connectivity index (χ0v) is 16.2. The second kappa shape index (κ2) is 11.3. The van der Waals surface area contributed by atoms with Crippen molar-refractivity contribution in [1.82, 2.24) is 0 Å². The van der Waals surface area contributed by atoms with Gasteiger partial charge >= 0.3 is 11.9 Å². The fraction of sp³-hybridized carbons (Fsp3) is 0.182. The van der Waals surface area contributed by atoms with Crippen LogP contribution in [0.3, 0.4) is 0 Å². The van der Waals surface area contributed by atoms with Crippen molar-refractivity contribution in [3.8, 4) is 17.2 Å². The molecule has 0 unspecified atom stereocenters. The molecule has 0 aliphatic rings. The average molecular weight is 414 g/mol. The number of aliphatic hydroxyl groups excluding tert-OH is 1. The normalized spacial score (nSPS) is 12.1. The molecule has 0 radical (unpaired) electrons. The van der Waals surface area contributed by atoms with E-state index >= 15 is 0 Å². The number of hydrogen-bond acceptors (Lipinski definition) is 8. The molecule has 0 heterocycles. The summed E-state index contributed by atoms with van der Waals surface area (Å²) in [5, 5.41) is 28.5. The molecule has 158 valence electrons. The molecule has 30 heavy (non-hydrogen) atoms. The highest BCUT2D eigenvalue weighted by atomic mass is 16.6. The van der Waals surface area contributed by atoms with Gasteiger partial charge in [0.2, 0.25) is 0 Å². The van der Waals surface area contributed by atoms with Gasteiger partial charge in [0, 0.05) is 12.2 Å². The van der Waals surface area contributed by atoms with Crippen molar-refractivity contribution in [2.24, 2.45) is 0 Å². The average Bonchev–Trinajstić information content (AvgIpc) is 2.75. The number of phenols is 2. The molecular weight excluding hydrogens is 392 g/mol. The third-order valence-corrected chi connectivity index (χ3v) is 3.76. The second-order valence-corrected chi connectivity index (χ2v) is 6.10. The number of ether oxygens (including phenoxy) is 3. The molecule has 8 nitrogen and oxygen atoms in total. The standard InChI is InChI=1S/C22H22O8/c1-28-20-12-16(4-9-19(20)25)6-11-22(27)30-14-18(24)13-29-21(26)10-5-15-2-7-17(23)8-3-15/h2-12,18,23-25H,13-14H2,1H3/t18-/m0/s1. The van der Waals surface area contributed by atoms with E-state index < -0.39 is 18.0 Å². The van der Waals surface area contributed by atoms with Crippen molar-refractivity contribution >= 4 is 24.1 Å².